The van der Waals surface area contributed by atoms with E-state index in [4.69, 9.17) is 0 Å². The minimum Gasteiger partial charge on any atom is -0.310 e. The van der Waals surface area contributed by atoms with Crippen molar-refractivity contribution < 1.29 is 0 Å². The fraction of sp³-hybridized carbons (Fsp3) is 0.333. The molecule has 0 aliphatic carbocycles. The van der Waals surface area contributed by atoms with Gasteiger partial charge in [0.05, 0.1) is 0 Å². The highest BCUT2D eigenvalue weighted by Gasteiger charge is 2.03. The molecule has 3 nitrogen and oxygen atoms in total. The summed E-state index contributed by atoms with van der Waals surface area (Å²) < 4.78 is 0. The molecule has 2 aromatic rings. The van der Waals surface area contributed by atoms with Gasteiger partial charge in [0.15, 0.2) is 0 Å². The smallest absolute Gasteiger partial charge is 0.116 e. The number of hydrogen-bond donors (Lipinski definition) is 1. The van der Waals surface area contributed by atoms with Crippen LogP contribution < -0.4 is 5.32 Å². The van der Waals surface area contributed by atoms with Crippen LogP contribution in [-0.4, -0.2) is 16.0 Å². The number of benzene rings is 1. The van der Waals surface area contributed by atoms with E-state index in [0.29, 0.717) is 6.04 Å². The molecule has 1 aromatic carbocycles. The summed E-state index contributed by atoms with van der Waals surface area (Å²) in [5, 5.41) is 4.42. The average Bonchev–Trinajstić information content (AvgIpc) is 2.39. The van der Waals surface area contributed by atoms with E-state index >= 15 is 0 Å². The topological polar surface area (TPSA) is 37.8 Å². The first-order valence-electron chi connectivity index (χ1n) is 6.42. The van der Waals surface area contributed by atoms with Gasteiger partial charge in [-0.05, 0) is 36.2 Å². The van der Waals surface area contributed by atoms with Gasteiger partial charge in [-0.25, -0.2) is 9.97 Å². The fourth-order valence-corrected chi connectivity index (χ4v) is 2.55. The Morgan fingerprint density at radius 1 is 1.26 bits per heavy atom. The van der Waals surface area contributed by atoms with Crippen LogP contribution in [0.3, 0.4) is 0 Å². The average molecular weight is 273 g/mol. The Morgan fingerprint density at radius 2 is 2.11 bits per heavy atom. The molecule has 4 heteroatoms. The molecule has 1 aromatic heterocycles. The van der Waals surface area contributed by atoms with Crippen LogP contribution in [0.1, 0.15) is 25.0 Å². The highest BCUT2D eigenvalue weighted by atomic mass is 32.2. The lowest BCUT2D eigenvalue weighted by atomic mass is 10.1. The molecule has 100 valence electrons. The van der Waals surface area contributed by atoms with Crippen LogP contribution in [0.2, 0.25) is 0 Å². The van der Waals surface area contributed by atoms with E-state index in [9.17, 15) is 0 Å². The molecule has 0 bridgehead atoms. The second-order valence-corrected chi connectivity index (χ2v) is 5.87. The van der Waals surface area contributed by atoms with Crippen molar-refractivity contribution in [1.82, 2.24) is 15.3 Å². The lowest BCUT2D eigenvalue weighted by Crippen LogP contribution is -2.22. The zero-order valence-corrected chi connectivity index (χ0v) is 12.4. The van der Waals surface area contributed by atoms with Crippen molar-refractivity contribution in [2.24, 2.45) is 0 Å². The second-order valence-electron chi connectivity index (χ2n) is 4.77. The Hall–Kier alpha value is -1.39. The molecule has 0 saturated heterocycles. The first kappa shape index (κ1) is 14.0. The van der Waals surface area contributed by atoms with Crippen LogP contribution in [0.4, 0.5) is 0 Å². The van der Waals surface area contributed by atoms with Crippen molar-refractivity contribution in [3.63, 3.8) is 0 Å². The van der Waals surface area contributed by atoms with Crippen molar-refractivity contribution in [2.75, 3.05) is 0 Å². The van der Waals surface area contributed by atoms with E-state index in [-0.39, 0.29) is 0 Å². The molecule has 0 atom stereocenters. The summed E-state index contributed by atoms with van der Waals surface area (Å²) >= 11 is 1.66. The highest BCUT2D eigenvalue weighted by molar-refractivity contribution is 7.99. The van der Waals surface area contributed by atoms with Crippen molar-refractivity contribution in [2.45, 2.75) is 43.3 Å². The summed E-state index contributed by atoms with van der Waals surface area (Å²) in [5.74, 6) is 0. The van der Waals surface area contributed by atoms with Gasteiger partial charge in [0, 0.05) is 23.7 Å². The van der Waals surface area contributed by atoms with Crippen LogP contribution in [0.25, 0.3) is 0 Å². The summed E-state index contributed by atoms with van der Waals surface area (Å²) in [7, 11) is 0. The van der Waals surface area contributed by atoms with E-state index < -0.39 is 0 Å². The molecule has 0 amide bonds. The SMILES string of the molecule is Cc1cc(Sc2ccncn2)ccc1CNC(C)C. The molecule has 19 heavy (non-hydrogen) atoms. The normalized spacial score (nSPS) is 10.9. The number of aromatic nitrogens is 2. The summed E-state index contributed by atoms with van der Waals surface area (Å²) in [6, 6.07) is 8.98. The van der Waals surface area contributed by atoms with Crippen molar-refractivity contribution in [3.05, 3.63) is 47.9 Å². The Balaban J connectivity index is 2.06. The van der Waals surface area contributed by atoms with Crippen LogP contribution >= 0.6 is 11.8 Å². The number of rotatable bonds is 5. The third-order valence-corrected chi connectivity index (χ3v) is 3.73. The number of nitrogens with zero attached hydrogens (tertiary/aromatic N) is 2. The Kier molecular flexibility index (Phi) is 4.93. The highest BCUT2D eigenvalue weighted by Crippen LogP contribution is 2.27. The van der Waals surface area contributed by atoms with Crippen LogP contribution in [-0.2, 0) is 6.54 Å². The Bertz CT molecular complexity index is 526. The molecule has 0 aliphatic rings. The fourth-order valence-electron chi connectivity index (χ4n) is 1.70. The second kappa shape index (κ2) is 6.68. The van der Waals surface area contributed by atoms with E-state index in [1.807, 2.05) is 6.07 Å². The van der Waals surface area contributed by atoms with Gasteiger partial charge < -0.3 is 5.32 Å². The van der Waals surface area contributed by atoms with Crippen LogP contribution in [0, 0.1) is 6.92 Å². The van der Waals surface area contributed by atoms with E-state index in [0.717, 1.165) is 11.6 Å². The summed E-state index contributed by atoms with van der Waals surface area (Å²) in [6.07, 6.45) is 3.35. The molecule has 2 rings (SSSR count). The molecular formula is C15H19N3S. The van der Waals surface area contributed by atoms with E-state index in [1.54, 1.807) is 24.3 Å². The maximum absolute atomic E-state index is 4.23. The third kappa shape index (κ3) is 4.33. The zero-order valence-electron chi connectivity index (χ0n) is 11.6. The van der Waals surface area contributed by atoms with Gasteiger partial charge in [0.25, 0.3) is 0 Å². The molecule has 0 aliphatic heterocycles. The van der Waals surface area contributed by atoms with E-state index in [2.05, 4.69) is 54.3 Å². The minimum absolute atomic E-state index is 0.509. The van der Waals surface area contributed by atoms with Gasteiger partial charge in [0.2, 0.25) is 0 Å². The predicted octanol–water partition coefficient (Wildman–Crippen LogP) is 3.43. The van der Waals surface area contributed by atoms with Crippen LogP contribution in [0.5, 0.6) is 0 Å². The number of aryl methyl sites for hydroxylation is 1. The van der Waals surface area contributed by atoms with Gasteiger partial charge in [-0.15, -0.1) is 0 Å². The lowest BCUT2D eigenvalue weighted by Gasteiger charge is -2.11. The summed E-state index contributed by atoms with van der Waals surface area (Å²) in [6.45, 7) is 7.40. The Morgan fingerprint density at radius 3 is 2.74 bits per heavy atom. The Labute approximate surface area is 118 Å². The van der Waals surface area contributed by atoms with Gasteiger partial charge >= 0.3 is 0 Å². The standard InChI is InChI=1S/C15H19N3S/c1-11(2)17-9-13-4-5-14(8-12(13)3)19-15-6-7-16-10-18-15/h4-8,10-11,17H,9H2,1-3H3. The van der Waals surface area contributed by atoms with Gasteiger partial charge in [-0.2, -0.15) is 0 Å². The van der Waals surface area contributed by atoms with Gasteiger partial charge in [-0.3, -0.25) is 0 Å². The summed E-state index contributed by atoms with van der Waals surface area (Å²) in [4.78, 5) is 9.36. The largest absolute Gasteiger partial charge is 0.310 e. The maximum Gasteiger partial charge on any atom is 0.116 e. The summed E-state index contributed by atoms with van der Waals surface area (Å²) in [5.41, 5.74) is 2.66. The molecule has 1 heterocycles. The van der Waals surface area contributed by atoms with Gasteiger partial charge in [0.1, 0.15) is 11.4 Å². The van der Waals surface area contributed by atoms with Crippen molar-refractivity contribution in [1.29, 1.82) is 0 Å². The quantitative estimate of drug-likeness (QED) is 0.847. The van der Waals surface area contributed by atoms with Crippen molar-refractivity contribution in [3.8, 4) is 0 Å². The predicted molar refractivity (Wildman–Crippen MR) is 79.3 cm³/mol. The molecule has 0 spiro atoms. The zero-order chi connectivity index (χ0) is 13.7. The first-order chi connectivity index (χ1) is 9.15. The molecule has 0 saturated carbocycles. The molecule has 0 fully saturated rings. The lowest BCUT2D eigenvalue weighted by molar-refractivity contribution is 0.587. The van der Waals surface area contributed by atoms with Gasteiger partial charge in [-0.1, -0.05) is 31.7 Å². The van der Waals surface area contributed by atoms with E-state index in [1.165, 1.54) is 16.0 Å². The first-order valence-corrected chi connectivity index (χ1v) is 7.23. The maximum atomic E-state index is 4.23. The number of hydrogen-bond acceptors (Lipinski definition) is 4. The third-order valence-electron chi connectivity index (χ3n) is 2.79. The molecular weight excluding hydrogens is 254 g/mol. The molecule has 1 N–H and O–H groups in total. The molecule has 0 radical (unpaired) electrons. The number of nitrogens with one attached hydrogen (secondary N) is 1. The van der Waals surface area contributed by atoms with Crippen LogP contribution in [0.15, 0.2) is 46.7 Å². The monoisotopic (exact) mass is 273 g/mol. The van der Waals surface area contributed by atoms with Crippen molar-refractivity contribution >= 4 is 11.8 Å². The molecule has 0 unspecified atom stereocenters. The minimum atomic E-state index is 0.509.